The summed E-state index contributed by atoms with van der Waals surface area (Å²) in [7, 11) is -1.40. The molecule has 0 spiro atoms. The zero-order valence-electron chi connectivity index (χ0n) is 26.8. The molecule has 0 aliphatic carbocycles. The van der Waals surface area contributed by atoms with Crippen molar-refractivity contribution in [3.63, 3.8) is 0 Å². The summed E-state index contributed by atoms with van der Waals surface area (Å²) in [5.74, 6) is -0.287. The fraction of sp³-hybridized carbons (Fsp3) is 0.278. The summed E-state index contributed by atoms with van der Waals surface area (Å²) in [6.45, 7) is 5.14. The van der Waals surface area contributed by atoms with E-state index in [-0.39, 0.29) is 41.2 Å². The smallest absolute Gasteiger partial charge is 0.264 e. The third-order valence-corrected chi connectivity index (χ3v) is 9.18. The molecule has 9 nitrogen and oxygen atoms in total. The zero-order valence-corrected chi connectivity index (χ0v) is 27.7. The van der Waals surface area contributed by atoms with Crippen LogP contribution in [0.15, 0.2) is 108 Å². The average Bonchev–Trinajstić information content (AvgIpc) is 3.05. The molecule has 0 heterocycles. The number of methoxy groups -OCH3 is 2. The van der Waals surface area contributed by atoms with Crippen LogP contribution in [0, 0.1) is 6.92 Å². The van der Waals surface area contributed by atoms with E-state index in [2.05, 4.69) is 5.32 Å². The highest BCUT2D eigenvalue weighted by atomic mass is 32.2. The minimum Gasteiger partial charge on any atom is -0.497 e. The van der Waals surface area contributed by atoms with Crippen molar-refractivity contribution in [2.75, 3.05) is 25.1 Å². The molecule has 2 amide bonds. The Labute approximate surface area is 271 Å². The van der Waals surface area contributed by atoms with Gasteiger partial charge in [-0.3, -0.25) is 13.9 Å². The monoisotopic (exact) mass is 643 g/mol. The van der Waals surface area contributed by atoms with E-state index in [1.54, 1.807) is 30.3 Å². The van der Waals surface area contributed by atoms with Crippen molar-refractivity contribution in [1.29, 1.82) is 0 Å². The molecule has 0 saturated heterocycles. The van der Waals surface area contributed by atoms with Gasteiger partial charge >= 0.3 is 0 Å². The second-order valence-corrected chi connectivity index (χ2v) is 13.1. The maximum Gasteiger partial charge on any atom is 0.264 e. The fourth-order valence-corrected chi connectivity index (χ4v) is 6.60. The van der Waals surface area contributed by atoms with Crippen molar-refractivity contribution in [3.05, 3.63) is 120 Å². The molecule has 46 heavy (non-hydrogen) atoms. The first-order valence-corrected chi connectivity index (χ1v) is 16.5. The average molecular weight is 644 g/mol. The highest BCUT2D eigenvalue weighted by molar-refractivity contribution is 7.92. The van der Waals surface area contributed by atoms with Gasteiger partial charge in [-0.25, -0.2) is 8.42 Å². The van der Waals surface area contributed by atoms with Crippen molar-refractivity contribution >= 4 is 27.5 Å². The predicted octanol–water partition coefficient (Wildman–Crippen LogP) is 5.37. The standard InChI is InChI=1S/C36H41N3O6S/c1-26(2)37-36(41)33(22-28-14-8-6-9-15-28)38(24-29-16-12-13-27(3)21-29)35(40)25-39(46(42,43)31-17-10-7-11-18-31)32-23-30(44-4)19-20-34(32)45-5/h6-21,23,26,33H,22,24-25H2,1-5H3,(H,37,41). The number of aryl methyl sites for hydroxylation is 1. The minimum atomic E-state index is -4.29. The lowest BCUT2D eigenvalue weighted by Crippen LogP contribution is -2.54. The maximum atomic E-state index is 14.6. The number of nitrogens with one attached hydrogen (secondary N) is 1. The van der Waals surface area contributed by atoms with Crippen LogP contribution in [0.2, 0.25) is 0 Å². The van der Waals surface area contributed by atoms with E-state index in [0.717, 1.165) is 21.0 Å². The van der Waals surface area contributed by atoms with Crippen LogP contribution in [0.1, 0.15) is 30.5 Å². The lowest BCUT2D eigenvalue weighted by Gasteiger charge is -2.34. The van der Waals surface area contributed by atoms with Crippen molar-refractivity contribution in [3.8, 4) is 11.5 Å². The van der Waals surface area contributed by atoms with Gasteiger partial charge in [0.15, 0.2) is 0 Å². The quantitative estimate of drug-likeness (QED) is 0.198. The number of amides is 2. The Hall–Kier alpha value is -4.83. The highest BCUT2D eigenvalue weighted by Gasteiger charge is 2.36. The summed E-state index contributed by atoms with van der Waals surface area (Å²) in [4.78, 5) is 30.0. The van der Waals surface area contributed by atoms with Crippen LogP contribution < -0.4 is 19.1 Å². The molecule has 10 heteroatoms. The Morgan fingerprint density at radius 1 is 0.804 bits per heavy atom. The van der Waals surface area contributed by atoms with Gasteiger partial charge in [0.1, 0.15) is 24.1 Å². The Morgan fingerprint density at radius 3 is 2.07 bits per heavy atom. The third kappa shape index (κ3) is 8.45. The topological polar surface area (TPSA) is 105 Å². The van der Waals surface area contributed by atoms with Gasteiger partial charge in [-0.05, 0) is 56.2 Å². The second kappa shape index (κ2) is 15.4. The molecule has 4 aromatic rings. The molecule has 0 aliphatic heterocycles. The molecule has 0 aromatic heterocycles. The van der Waals surface area contributed by atoms with Crippen molar-refractivity contribution in [1.82, 2.24) is 10.2 Å². The van der Waals surface area contributed by atoms with Crippen molar-refractivity contribution in [2.45, 2.75) is 50.7 Å². The largest absolute Gasteiger partial charge is 0.497 e. The molecule has 0 radical (unpaired) electrons. The van der Waals surface area contributed by atoms with E-state index in [1.165, 1.54) is 37.3 Å². The van der Waals surface area contributed by atoms with Crippen LogP contribution in [-0.2, 0) is 32.6 Å². The van der Waals surface area contributed by atoms with Gasteiger partial charge in [0.05, 0.1) is 24.8 Å². The minimum absolute atomic E-state index is 0.00343. The van der Waals surface area contributed by atoms with Gasteiger partial charge in [0.25, 0.3) is 10.0 Å². The van der Waals surface area contributed by atoms with Gasteiger partial charge in [-0.2, -0.15) is 0 Å². The van der Waals surface area contributed by atoms with Crippen LogP contribution in [0.3, 0.4) is 0 Å². The first kappa shape index (κ1) is 34.1. The number of rotatable bonds is 14. The summed E-state index contributed by atoms with van der Waals surface area (Å²) < 4.78 is 40.6. The van der Waals surface area contributed by atoms with Crippen molar-refractivity contribution < 1.29 is 27.5 Å². The molecule has 242 valence electrons. The first-order chi connectivity index (χ1) is 22.0. The number of sulfonamides is 1. The number of hydrogen-bond donors (Lipinski definition) is 1. The first-order valence-electron chi connectivity index (χ1n) is 15.0. The Morgan fingerprint density at radius 2 is 1.46 bits per heavy atom. The molecule has 1 atom stereocenters. The Kier molecular flexibility index (Phi) is 11.4. The molecule has 1 unspecified atom stereocenters. The van der Waals surface area contributed by atoms with Gasteiger partial charge in [0, 0.05) is 25.1 Å². The van der Waals surface area contributed by atoms with E-state index < -0.39 is 28.5 Å². The Balaban J connectivity index is 1.86. The van der Waals surface area contributed by atoms with Crippen LogP contribution in [0.5, 0.6) is 11.5 Å². The van der Waals surface area contributed by atoms with Gasteiger partial charge in [0.2, 0.25) is 11.8 Å². The highest BCUT2D eigenvalue weighted by Crippen LogP contribution is 2.36. The molecule has 0 bridgehead atoms. The number of nitrogens with zero attached hydrogens (tertiary/aromatic N) is 2. The summed E-state index contributed by atoms with van der Waals surface area (Å²) in [5.41, 5.74) is 2.78. The molecule has 1 N–H and O–H groups in total. The van der Waals surface area contributed by atoms with E-state index >= 15 is 0 Å². The summed E-state index contributed by atoms with van der Waals surface area (Å²) in [5, 5.41) is 2.97. The third-order valence-electron chi connectivity index (χ3n) is 7.40. The van der Waals surface area contributed by atoms with Crippen LogP contribution in [-0.4, -0.2) is 58.0 Å². The second-order valence-electron chi connectivity index (χ2n) is 11.2. The zero-order chi connectivity index (χ0) is 33.3. The number of benzene rings is 4. The number of anilines is 1. The van der Waals surface area contributed by atoms with Crippen LogP contribution in [0.4, 0.5) is 5.69 Å². The molecule has 0 fully saturated rings. The summed E-state index contributed by atoms with van der Waals surface area (Å²) in [6, 6.07) is 28.6. The molecular weight excluding hydrogens is 602 g/mol. The predicted molar refractivity (Wildman–Crippen MR) is 179 cm³/mol. The van der Waals surface area contributed by atoms with Crippen LogP contribution in [0.25, 0.3) is 0 Å². The molecule has 0 aliphatic rings. The molecule has 4 rings (SSSR count). The van der Waals surface area contributed by atoms with Gasteiger partial charge in [-0.1, -0.05) is 78.4 Å². The summed E-state index contributed by atoms with van der Waals surface area (Å²) in [6.07, 6.45) is 0.227. The Bertz CT molecular complexity index is 1730. The number of ether oxygens (including phenoxy) is 2. The van der Waals surface area contributed by atoms with E-state index in [1.807, 2.05) is 75.4 Å². The van der Waals surface area contributed by atoms with Crippen LogP contribution >= 0.6 is 0 Å². The fourth-order valence-electron chi connectivity index (χ4n) is 5.17. The lowest BCUT2D eigenvalue weighted by atomic mass is 10.0. The van der Waals surface area contributed by atoms with E-state index in [0.29, 0.717) is 5.75 Å². The van der Waals surface area contributed by atoms with Gasteiger partial charge in [-0.15, -0.1) is 0 Å². The molecule has 4 aromatic carbocycles. The lowest BCUT2D eigenvalue weighted by molar-refractivity contribution is -0.140. The molecular formula is C36H41N3O6S. The number of carbonyl (C=O) groups is 2. The normalized spacial score (nSPS) is 11.9. The SMILES string of the molecule is COc1ccc(OC)c(N(CC(=O)N(Cc2cccc(C)c2)C(Cc2ccccc2)C(=O)NC(C)C)S(=O)(=O)c2ccccc2)c1. The van der Waals surface area contributed by atoms with E-state index in [9.17, 15) is 18.0 Å². The maximum absolute atomic E-state index is 14.6. The van der Waals surface area contributed by atoms with E-state index in [4.69, 9.17) is 9.47 Å². The van der Waals surface area contributed by atoms with Gasteiger partial charge < -0.3 is 19.7 Å². The molecule has 0 saturated carbocycles. The number of hydrogen-bond acceptors (Lipinski definition) is 6. The number of carbonyl (C=O) groups excluding carboxylic acids is 2. The van der Waals surface area contributed by atoms with Crippen molar-refractivity contribution in [2.24, 2.45) is 0 Å². The summed E-state index contributed by atoms with van der Waals surface area (Å²) >= 11 is 0.